The van der Waals surface area contributed by atoms with E-state index in [9.17, 15) is 4.79 Å². The lowest BCUT2D eigenvalue weighted by molar-refractivity contribution is 0.0925. The molecule has 1 aliphatic rings. The van der Waals surface area contributed by atoms with Crippen LogP contribution in [0.3, 0.4) is 0 Å². The summed E-state index contributed by atoms with van der Waals surface area (Å²) in [7, 11) is 0. The van der Waals surface area contributed by atoms with Crippen molar-refractivity contribution in [3.05, 3.63) is 45.9 Å². The number of benzene rings is 1. The molecule has 2 unspecified atom stereocenters. The first-order chi connectivity index (χ1) is 11.6. The van der Waals surface area contributed by atoms with Gasteiger partial charge in [0.05, 0.1) is 10.7 Å². The molecular formula is C18H25Cl2N3O2S. The topological polar surface area (TPSA) is 63.2 Å². The Bertz CT molecular complexity index is 711. The normalized spacial score (nSPS) is 19.0. The number of hydrogen-bond acceptors (Lipinski definition) is 5. The zero-order valence-electron chi connectivity index (χ0n) is 14.9. The van der Waals surface area contributed by atoms with Crippen LogP contribution in [-0.4, -0.2) is 29.5 Å². The lowest BCUT2D eigenvalue weighted by atomic mass is 10.0. The number of rotatable bonds is 5. The minimum absolute atomic E-state index is 0. The fourth-order valence-electron chi connectivity index (χ4n) is 2.89. The molecule has 1 saturated heterocycles. The Hall–Kier alpha value is -1.34. The molecule has 0 spiro atoms. The van der Waals surface area contributed by atoms with Gasteiger partial charge in [0.2, 0.25) is 0 Å². The largest absolute Gasteiger partial charge is 0.487 e. The molecule has 2 heterocycles. The second kappa shape index (κ2) is 10.7. The van der Waals surface area contributed by atoms with Gasteiger partial charge in [0.1, 0.15) is 12.4 Å². The van der Waals surface area contributed by atoms with Crippen molar-refractivity contribution in [3.63, 3.8) is 0 Å². The number of nitrogens with zero attached hydrogens (tertiary/aromatic N) is 1. The van der Waals surface area contributed by atoms with Crippen molar-refractivity contribution in [1.82, 2.24) is 15.6 Å². The van der Waals surface area contributed by atoms with Gasteiger partial charge in [0.15, 0.2) is 0 Å². The summed E-state index contributed by atoms with van der Waals surface area (Å²) in [5.41, 5.74) is 1.55. The highest BCUT2D eigenvalue weighted by atomic mass is 35.5. The molecule has 0 bridgehead atoms. The molecule has 1 fully saturated rings. The Morgan fingerprint density at radius 2 is 2.23 bits per heavy atom. The van der Waals surface area contributed by atoms with Gasteiger partial charge in [0, 0.05) is 23.0 Å². The molecule has 1 aliphatic heterocycles. The highest BCUT2D eigenvalue weighted by molar-refractivity contribution is 7.09. The third-order valence-corrected chi connectivity index (χ3v) is 4.93. The highest BCUT2D eigenvalue weighted by Gasteiger charge is 2.20. The maximum Gasteiger partial charge on any atom is 0.251 e. The molecule has 144 valence electrons. The number of aromatic nitrogens is 1. The summed E-state index contributed by atoms with van der Waals surface area (Å²) in [5, 5.41) is 9.53. The lowest BCUT2D eigenvalue weighted by Gasteiger charge is -2.28. The maximum absolute atomic E-state index is 12.5. The summed E-state index contributed by atoms with van der Waals surface area (Å²) in [4.78, 5) is 16.8. The van der Waals surface area contributed by atoms with Gasteiger partial charge in [-0.15, -0.1) is 36.2 Å². The Morgan fingerprint density at radius 3 is 2.92 bits per heavy atom. The lowest BCUT2D eigenvalue weighted by Crippen LogP contribution is -2.46. The fraction of sp³-hybridized carbons (Fsp3) is 0.444. The number of nitrogens with one attached hydrogen (secondary N) is 2. The van der Waals surface area contributed by atoms with Crippen LogP contribution >= 0.6 is 36.2 Å². The Kier molecular flexibility index (Phi) is 9.36. The van der Waals surface area contributed by atoms with Gasteiger partial charge < -0.3 is 15.4 Å². The van der Waals surface area contributed by atoms with Crippen LogP contribution in [0, 0.1) is 6.92 Å². The molecule has 1 aromatic carbocycles. The molecule has 0 radical (unpaired) electrons. The number of halogens is 2. The summed E-state index contributed by atoms with van der Waals surface area (Å²) in [5.74, 6) is 0.649. The summed E-state index contributed by atoms with van der Waals surface area (Å²) in [6, 6.07) is 8.00. The molecular weight excluding hydrogens is 393 g/mol. The standard InChI is InChI=1S/C18H23N3O2S.2ClH/c1-12-8-15(6-7-19-12)21-18(22)14-4-3-5-17(9-14)23-10-16-11-24-13(2)20-16;;/h3-5,9,11-12,15,19H,6-8,10H2,1-2H3,(H,21,22);2*1H. The molecule has 26 heavy (non-hydrogen) atoms. The highest BCUT2D eigenvalue weighted by Crippen LogP contribution is 2.17. The average molecular weight is 418 g/mol. The minimum Gasteiger partial charge on any atom is -0.487 e. The van der Waals surface area contributed by atoms with Gasteiger partial charge in [-0.2, -0.15) is 0 Å². The fourth-order valence-corrected chi connectivity index (χ4v) is 3.49. The average Bonchev–Trinajstić information content (AvgIpc) is 2.99. The number of thiazole rings is 1. The molecule has 5 nitrogen and oxygen atoms in total. The number of ether oxygens (including phenoxy) is 1. The van der Waals surface area contributed by atoms with E-state index in [-0.39, 0.29) is 36.8 Å². The maximum atomic E-state index is 12.5. The number of hydrogen-bond donors (Lipinski definition) is 2. The van der Waals surface area contributed by atoms with Crippen LogP contribution in [0.5, 0.6) is 5.75 Å². The van der Waals surface area contributed by atoms with Crippen molar-refractivity contribution < 1.29 is 9.53 Å². The molecule has 3 rings (SSSR count). The Labute approximate surface area is 170 Å². The molecule has 1 amide bonds. The van der Waals surface area contributed by atoms with E-state index in [2.05, 4.69) is 22.5 Å². The van der Waals surface area contributed by atoms with Gasteiger partial charge in [-0.3, -0.25) is 4.79 Å². The van der Waals surface area contributed by atoms with Crippen molar-refractivity contribution in [1.29, 1.82) is 0 Å². The Balaban J connectivity index is 0.00000169. The molecule has 8 heteroatoms. The van der Waals surface area contributed by atoms with Crippen LogP contribution in [0.15, 0.2) is 29.6 Å². The number of amides is 1. The van der Waals surface area contributed by atoms with Crippen molar-refractivity contribution in [2.45, 2.75) is 45.4 Å². The number of aryl methyl sites for hydroxylation is 1. The number of piperidine rings is 1. The summed E-state index contributed by atoms with van der Waals surface area (Å²) < 4.78 is 5.76. The predicted molar refractivity (Wildman–Crippen MR) is 110 cm³/mol. The smallest absolute Gasteiger partial charge is 0.251 e. The zero-order chi connectivity index (χ0) is 16.9. The first-order valence-corrected chi connectivity index (χ1v) is 9.16. The van der Waals surface area contributed by atoms with E-state index in [4.69, 9.17) is 4.74 Å². The van der Waals surface area contributed by atoms with E-state index in [0.717, 1.165) is 30.1 Å². The summed E-state index contributed by atoms with van der Waals surface area (Å²) in [6.45, 7) is 5.48. The molecule has 2 aromatic rings. The monoisotopic (exact) mass is 417 g/mol. The van der Waals surface area contributed by atoms with E-state index < -0.39 is 0 Å². The molecule has 0 saturated carbocycles. The van der Waals surface area contributed by atoms with E-state index in [1.54, 1.807) is 17.4 Å². The first kappa shape index (κ1) is 22.7. The summed E-state index contributed by atoms with van der Waals surface area (Å²) in [6.07, 6.45) is 1.93. The number of carbonyl (C=O) groups excluding carboxylic acids is 1. The van der Waals surface area contributed by atoms with E-state index in [1.807, 2.05) is 30.5 Å². The third-order valence-electron chi connectivity index (χ3n) is 4.11. The van der Waals surface area contributed by atoms with Crippen molar-refractivity contribution in [2.24, 2.45) is 0 Å². The van der Waals surface area contributed by atoms with Crippen LogP contribution in [0.1, 0.15) is 40.8 Å². The van der Waals surface area contributed by atoms with Gasteiger partial charge in [-0.1, -0.05) is 6.07 Å². The second-order valence-electron chi connectivity index (χ2n) is 6.22. The summed E-state index contributed by atoms with van der Waals surface area (Å²) >= 11 is 1.61. The third kappa shape index (κ3) is 6.43. The first-order valence-electron chi connectivity index (χ1n) is 8.28. The van der Waals surface area contributed by atoms with Gasteiger partial charge in [-0.05, 0) is 51.4 Å². The Morgan fingerprint density at radius 1 is 1.42 bits per heavy atom. The molecule has 2 atom stereocenters. The molecule has 1 aromatic heterocycles. The van der Waals surface area contributed by atoms with E-state index in [1.165, 1.54) is 0 Å². The zero-order valence-corrected chi connectivity index (χ0v) is 17.3. The van der Waals surface area contributed by atoms with E-state index in [0.29, 0.717) is 24.0 Å². The molecule has 2 N–H and O–H groups in total. The van der Waals surface area contributed by atoms with Crippen molar-refractivity contribution >= 4 is 42.1 Å². The predicted octanol–water partition coefficient (Wildman–Crippen LogP) is 3.74. The van der Waals surface area contributed by atoms with Crippen LogP contribution in [-0.2, 0) is 6.61 Å². The van der Waals surface area contributed by atoms with E-state index >= 15 is 0 Å². The van der Waals surface area contributed by atoms with Crippen molar-refractivity contribution in [3.8, 4) is 5.75 Å². The van der Waals surface area contributed by atoms with Crippen LogP contribution in [0.4, 0.5) is 0 Å². The van der Waals surface area contributed by atoms with Gasteiger partial charge >= 0.3 is 0 Å². The molecule has 0 aliphatic carbocycles. The second-order valence-corrected chi connectivity index (χ2v) is 7.29. The van der Waals surface area contributed by atoms with Crippen LogP contribution in [0.25, 0.3) is 0 Å². The SMILES string of the molecule is Cc1nc(COc2cccc(C(=O)NC3CCNC(C)C3)c2)cs1.Cl.Cl. The number of carbonyl (C=O) groups is 1. The van der Waals surface area contributed by atoms with Crippen LogP contribution in [0.2, 0.25) is 0 Å². The van der Waals surface area contributed by atoms with Crippen LogP contribution < -0.4 is 15.4 Å². The van der Waals surface area contributed by atoms with Gasteiger partial charge in [0.25, 0.3) is 5.91 Å². The minimum atomic E-state index is -0.0379. The quantitative estimate of drug-likeness (QED) is 0.777. The van der Waals surface area contributed by atoms with Gasteiger partial charge in [-0.25, -0.2) is 4.98 Å². The van der Waals surface area contributed by atoms with Crippen molar-refractivity contribution in [2.75, 3.05) is 6.54 Å².